The summed E-state index contributed by atoms with van der Waals surface area (Å²) in [6, 6.07) is 0. The van der Waals surface area contributed by atoms with Crippen molar-refractivity contribution in [3.05, 3.63) is 0 Å². The van der Waals surface area contributed by atoms with E-state index in [9.17, 15) is 0 Å². The maximum absolute atomic E-state index is 7.55. The molecule has 0 amide bonds. The monoisotopic (exact) mass is 483 g/mol. The summed E-state index contributed by atoms with van der Waals surface area (Å²) in [6.07, 6.45) is 28.7. The van der Waals surface area contributed by atoms with E-state index in [1.165, 1.54) is 128 Å². The fourth-order valence-electron chi connectivity index (χ4n) is 8.75. The fraction of sp³-hybridized carbons (Fsp3) is 1.00. The van der Waals surface area contributed by atoms with Gasteiger partial charge in [0.2, 0.25) is 0 Å². The zero-order chi connectivity index (χ0) is 20.8. The topological polar surface area (TPSA) is 26.0 Å². The molecule has 0 saturated heterocycles. The molecule has 2 unspecified atom stereocenters. The van der Waals surface area contributed by atoms with E-state index in [4.69, 9.17) is 5.73 Å². The molecule has 0 radical (unpaired) electrons. The van der Waals surface area contributed by atoms with Crippen LogP contribution in [0.1, 0.15) is 149 Å². The predicted molar refractivity (Wildman–Crippen MR) is 138 cm³/mol. The summed E-state index contributed by atoms with van der Waals surface area (Å²) in [5.41, 5.74) is 8.77. The zero-order valence-corrected chi connectivity index (χ0v) is 22.5. The normalized spacial score (nSPS) is 33.6. The van der Waals surface area contributed by atoms with Gasteiger partial charge < -0.3 is 5.73 Å². The van der Waals surface area contributed by atoms with Crippen LogP contribution in [0, 0.1) is 22.7 Å². The summed E-state index contributed by atoms with van der Waals surface area (Å²) in [6.45, 7) is 7.05. The van der Waals surface area contributed by atoms with Crippen molar-refractivity contribution in [1.29, 1.82) is 0 Å². The molecule has 4 fully saturated rings. The third kappa shape index (κ3) is 5.32. The number of unbranched alkanes of at least 4 members (excludes halogenated alkanes) is 9. The standard InChI is InChI=1S/C28H53N.BrH/c1-4-7-10-13-16-26-20-24-19-25(21-26)23-28(29,22-24)27(26,17-14-11-8-5-2)18-15-12-9-6-3;/h24-25H,4-23,29H2,1-3H3;1H. The van der Waals surface area contributed by atoms with Gasteiger partial charge in [-0.05, 0) is 74.0 Å². The molecule has 0 aromatic carbocycles. The van der Waals surface area contributed by atoms with Crippen molar-refractivity contribution in [2.75, 3.05) is 0 Å². The lowest BCUT2D eigenvalue weighted by molar-refractivity contribution is -0.203. The van der Waals surface area contributed by atoms with E-state index in [0.29, 0.717) is 10.8 Å². The van der Waals surface area contributed by atoms with Gasteiger partial charge in [0, 0.05) is 5.54 Å². The Morgan fingerprint density at radius 3 is 1.47 bits per heavy atom. The molecule has 0 spiro atoms. The lowest BCUT2D eigenvalue weighted by Crippen LogP contribution is -2.73. The maximum atomic E-state index is 7.55. The van der Waals surface area contributed by atoms with Crippen molar-refractivity contribution in [1.82, 2.24) is 0 Å². The minimum atomic E-state index is 0. The van der Waals surface area contributed by atoms with Crippen LogP contribution in [-0.4, -0.2) is 5.54 Å². The molecule has 0 aromatic heterocycles. The number of rotatable bonds is 15. The third-order valence-corrected chi connectivity index (χ3v) is 9.72. The SMILES string of the molecule is Br.CCCCCCC12CC3CC(CC(N)(C3)C1(CCCCCC)CCCCCC)C2. The fourth-order valence-corrected chi connectivity index (χ4v) is 8.75. The zero-order valence-electron chi connectivity index (χ0n) is 20.8. The Hall–Kier alpha value is 0.440. The average Bonchev–Trinajstić information content (AvgIpc) is 2.68. The number of hydrogen-bond donors (Lipinski definition) is 1. The van der Waals surface area contributed by atoms with E-state index in [0.717, 1.165) is 11.8 Å². The predicted octanol–water partition coefficient (Wildman–Crippen LogP) is 9.37. The van der Waals surface area contributed by atoms with E-state index in [1.807, 2.05) is 0 Å². The van der Waals surface area contributed by atoms with Gasteiger partial charge in [-0.1, -0.05) is 97.8 Å². The van der Waals surface area contributed by atoms with E-state index >= 15 is 0 Å². The van der Waals surface area contributed by atoms with Gasteiger partial charge in [0.1, 0.15) is 0 Å². The molecule has 2 atom stereocenters. The Morgan fingerprint density at radius 1 is 0.600 bits per heavy atom. The molecule has 4 aliphatic carbocycles. The molecule has 4 saturated carbocycles. The lowest BCUT2D eigenvalue weighted by atomic mass is 9.33. The second kappa shape index (κ2) is 12.1. The lowest BCUT2D eigenvalue weighted by Gasteiger charge is -2.73. The molecular formula is C28H54BrN. The van der Waals surface area contributed by atoms with Gasteiger partial charge in [0.15, 0.2) is 0 Å². The highest BCUT2D eigenvalue weighted by atomic mass is 79.9. The summed E-state index contributed by atoms with van der Waals surface area (Å²) in [5.74, 6) is 1.91. The first-order valence-electron chi connectivity index (χ1n) is 13.8. The van der Waals surface area contributed by atoms with Crippen LogP contribution in [0.3, 0.4) is 0 Å². The van der Waals surface area contributed by atoms with Gasteiger partial charge in [-0.2, -0.15) is 0 Å². The molecule has 0 aromatic rings. The smallest absolute Gasteiger partial charge is 0.0222 e. The minimum absolute atomic E-state index is 0. The molecular weight excluding hydrogens is 430 g/mol. The van der Waals surface area contributed by atoms with E-state index in [1.54, 1.807) is 0 Å². The summed E-state index contributed by atoms with van der Waals surface area (Å²) >= 11 is 0. The van der Waals surface area contributed by atoms with Crippen molar-refractivity contribution < 1.29 is 0 Å². The van der Waals surface area contributed by atoms with E-state index < -0.39 is 0 Å². The molecule has 178 valence electrons. The quantitative estimate of drug-likeness (QED) is 0.230. The molecule has 4 bridgehead atoms. The molecule has 2 heteroatoms. The van der Waals surface area contributed by atoms with Crippen molar-refractivity contribution in [2.24, 2.45) is 28.4 Å². The van der Waals surface area contributed by atoms with Gasteiger partial charge in [-0.15, -0.1) is 17.0 Å². The summed E-state index contributed by atoms with van der Waals surface area (Å²) in [5, 5.41) is 0. The van der Waals surface area contributed by atoms with Crippen molar-refractivity contribution in [3.8, 4) is 0 Å². The maximum Gasteiger partial charge on any atom is 0.0222 e. The van der Waals surface area contributed by atoms with Crippen LogP contribution in [0.4, 0.5) is 0 Å². The van der Waals surface area contributed by atoms with Gasteiger partial charge in [0.05, 0.1) is 0 Å². The van der Waals surface area contributed by atoms with E-state index in [-0.39, 0.29) is 22.5 Å². The first-order valence-corrected chi connectivity index (χ1v) is 13.8. The molecule has 1 nitrogen and oxygen atoms in total. The Labute approximate surface area is 199 Å². The van der Waals surface area contributed by atoms with Crippen molar-refractivity contribution in [3.63, 3.8) is 0 Å². The molecule has 0 aliphatic heterocycles. The van der Waals surface area contributed by atoms with Gasteiger partial charge in [0.25, 0.3) is 0 Å². The second-order valence-electron chi connectivity index (χ2n) is 11.7. The summed E-state index contributed by atoms with van der Waals surface area (Å²) in [4.78, 5) is 0. The first-order chi connectivity index (χ1) is 14.0. The number of halogens is 1. The number of nitrogens with two attached hydrogens (primary N) is 1. The van der Waals surface area contributed by atoms with Crippen LogP contribution >= 0.6 is 17.0 Å². The molecule has 4 rings (SSSR count). The van der Waals surface area contributed by atoms with Crippen LogP contribution < -0.4 is 5.73 Å². The Balaban J connectivity index is 0.00000320. The van der Waals surface area contributed by atoms with Crippen LogP contribution in [0.5, 0.6) is 0 Å². The van der Waals surface area contributed by atoms with Gasteiger partial charge in [-0.25, -0.2) is 0 Å². The second-order valence-corrected chi connectivity index (χ2v) is 11.7. The highest BCUT2D eigenvalue weighted by Gasteiger charge is 2.68. The highest BCUT2D eigenvalue weighted by Crippen LogP contribution is 2.73. The average molecular weight is 485 g/mol. The minimum Gasteiger partial charge on any atom is -0.325 e. The van der Waals surface area contributed by atoms with E-state index in [2.05, 4.69) is 20.8 Å². The van der Waals surface area contributed by atoms with Crippen LogP contribution in [0.15, 0.2) is 0 Å². The number of hydrogen-bond acceptors (Lipinski definition) is 1. The summed E-state index contributed by atoms with van der Waals surface area (Å²) in [7, 11) is 0. The summed E-state index contributed by atoms with van der Waals surface area (Å²) < 4.78 is 0. The van der Waals surface area contributed by atoms with Crippen LogP contribution in [-0.2, 0) is 0 Å². The van der Waals surface area contributed by atoms with Crippen LogP contribution in [0.25, 0.3) is 0 Å². The van der Waals surface area contributed by atoms with Crippen molar-refractivity contribution >= 4 is 17.0 Å². The molecule has 4 aliphatic rings. The first kappa shape index (κ1) is 26.7. The Kier molecular flexibility index (Phi) is 10.7. The van der Waals surface area contributed by atoms with Gasteiger partial charge >= 0.3 is 0 Å². The highest BCUT2D eigenvalue weighted by molar-refractivity contribution is 8.93. The molecule has 0 heterocycles. The molecule has 30 heavy (non-hydrogen) atoms. The van der Waals surface area contributed by atoms with Crippen molar-refractivity contribution in [2.45, 2.75) is 155 Å². The third-order valence-electron chi connectivity index (χ3n) is 9.72. The van der Waals surface area contributed by atoms with Gasteiger partial charge in [-0.3, -0.25) is 0 Å². The Morgan fingerprint density at radius 2 is 1.03 bits per heavy atom. The molecule has 2 N–H and O–H groups in total. The van der Waals surface area contributed by atoms with Crippen LogP contribution in [0.2, 0.25) is 0 Å². The largest absolute Gasteiger partial charge is 0.325 e. The Bertz CT molecular complexity index is 461.